The van der Waals surface area contributed by atoms with Crippen LogP contribution in [0.25, 0.3) is 10.9 Å². The van der Waals surface area contributed by atoms with Crippen LogP contribution in [0, 0.1) is 0 Å². The summed E-state index contributed by atoms with van der Waals surface area (Å²) in [5, 5.41) is 6.06. The quantitative estimate of drug-likeness (QED) is 0.545. The lowest BCUT2D eigenvalue weighted by molar-refractivity contribution is 0.313. The average molecular weight is 384 g/mol. The zero-order valence-corrected chi connectivity index (χ0v) is 16.1. The van der Waals surface area contributed by atoms with Crippen molar-refractivity contribution < 1.29 is 0 Å². The molecular weight excluding hydrogens is 362 g/mol. The first kappa shape index (κ1) is 17.4. The van der Waals surface area contributed by atoms with Crippen molar-refractivity contribution in [1.29, 1.82) is 0 Å². The fourth-order valence-electron chi connectivity index (χ4n) is 3.78. The first-order chi connectivity index (χ1) is 12.7. The summed E-state index contributed by atoms with van der Waals surface area (Å²) in [6.07, 6.45) is 7.01. The molecule has 4 rings (SSSR count). The molecule has 0 amide bonds. The maximum Gasteiger partial charge on any atom is 0.174 e. The number of benzene rings is 2. The van der Waals surface area contributed by atoms with Gasteiger partial charge in [0.15, 0.2) is 5.11 Å². The molecule has 5 heteroatoms. The summed E-state index contributed by atoms with van der Waals surface area (Å²) in [5.41, 5.74) is 3.30. The fourth-order valence-corrected chi connectivity index (χ4v) is 4.28. The number of para-hydroxylation sites is 2. The van der Waals surface area contributed by atoms with Crippen molar-refractivity contribution in [1.82, 2.24) is 9.88 Å². The van der Waals surface area contributed by atoms with Crippen LogP contribution in [0.15, 0.2) is 54.7 Å². The van der Waals surface area contributed by atoms with Crippen molar-refractivity contribution in [2.24, 2.45) is 0 Å². The van der Waals surface area contributed by atoms with Crippen LogP contribution in [0.1, 0.15) is 31.2 Å². The van der Waals surface area contributed by atoms with Crippen LogP contribution in [0.4, 0.5) is 5.69 Å². The predicted octanol–water partition coefficient (Wildman–Crippen LogP) is 5.96. The Hall–Kier alpha value is -2.04. The van der Waals surface area contributed by atoms with E-state index in [2.05, 4.69) is 45.7 Å². The minimum absolute atomic E-state index is 0.478. The smallest absolute Gasteiger partial charge is 0.174 e. The molecule has 1 aliphatic carbocycles. The molecule has 3 nitrogen and oxygen atoms in total. The highest BCUT2D eigenvalue weighted by atomic mass is 35.5. The summed E-state index contributed by atoms with van der Waals surface area (Å²) in [4.78, 5) is 5.70. The van der Waals surface area contributed by atoms with E-state index in [1.54, 1.807) is 0 Å². The van der Waals surface area contributed by atoms with Gasteiger partial charge in [0.1, 0.15) is 0 Å². The monoisotopic (exact) mass is 383 g/mol. The van der Waals surface area contributed by atoms with Crippen molar-refractivity contribution in [3.63, 3.8) is 0 Å². The predicted molar refractivity (Wildman–Crippen MR) is 114 cm³/mol. The molecule has 0 radical (unpaired) electrons. The Labute approximate surface area is 164 Å². The molecule has 1 saturated carbocycles. The number of hydrogen-bond donors (Lipinski definition) is 2. The lowest BCUT2D eigenvalue weighted by Gasteiger charge is -2.32. The van der Waals surface area contributed by atoms with Gasteiger partial charge in [0.2, 0.25) is 0 Å². The summed E-state index contributed by atoms with van der Waals surface area (Å²) in [7, 11) is 0. The molecule has 3 aromatic rings. The van der Waals surface area contributed by atoms with Gasteiger partial charge in [0.05, 0.1) is 10.7 Å². The van der Waals surface area contributed by atoms with Crippen molar-refractivity contribution in [2.75, 3.05) is 5.32 Å². The van der Waals surface area contributed by atoms with Crippen LogP contribution in [0.2, 0.25) is 5.02 Å². The summed E-state index contributed by atoms with van der Waals surface area (Å²) in [5.74, 6) is 0. The van der Waals surface area contributed by atoms with Gasteiger partial charge in [0, 0.05) is 29.7 Å². The Balaban J connectivity index is 1.60. The third kappa shape index (κ3) is 3.57. The molecule has 1 aliphatic rings. The maximum absolute atomic E-state index is 6.31. The number of hydrogen-bond acceptors (Lipinski definition) is 1. The van der Waals surface area contributed by atoms with Gasteiger partial charge in [-0.1, -0.05) is 54.8 Å². The molecule has 0 unspecified atom stereocenters. The van der Waals surface area contributed by atoms with Gasteiger partial charge in [-0.25, -0.2) is 0 Å². The fraction of sp³-hybridized carbons (Fsp3) is 0.286. The van der Waals surface area contributed by atoms with Crippen LogP contribution >= 0.6 is 23.8 Å². The first-order valence-corrected chi connectivity index (χ1v) is 9.88. The Bertz CT molecular complexity index is 914. The van der Waals surface area contributed by atoms with Crippen LogP contribution in [-0.4, -0.2) is 21.0 Å². The molecule has 0 saturated heterocycles. The molecule has 26 heavy (non-hydrogen) atoms. The molecule has 0 atom stereocenters. The Morgan fingerprint density at radius 2 is 1.85 bits per heavy atom. The first-order valence-electron chi connectivity index (χ1n) is 9.09. The van der Waals surface area contributed by atoms with Gasteiger partial charge in [-0.05, 0) is 48.8 Å². The summed E-state index contributed by atoms with van der Waals surface area (Å²) < 4.78 is 0. The van der Waals surface area contributed by atoms with Crippen LogP contribution in [0.5, 0.6) is 0 Å². The van der Waals surface area contributed by atoms with E-state index in [1.165, 1.54) is 42.1 Å². The van der Waals surface area contributed by atoms with E-state index in [-0.39, 0.29) is 0 Å². The van der Waals surface area contributed by atoms with E-state index in [4.69, 9.17) is 23.8 Å². The standard InChI is InChI=1S/C21H22ClN3S/c22-18-10-4-6-12-20(18)24-21(26)25(16-7-1-2-8-16)14-15-13-23-19-11-5-3-9-17(15)19/h3-6,9-13,16,23H,1-2,7-8,14H2,(H,24,26). The Morgan fingerprint density at radius 3 is 2.65 bits per heavy atom. The summed E-state index contributed by atoms with van der Waals surface area (Å²) >= 11 is 12.1. The molecule has 0 spiro atoms. The molecule has 1 heterocycles. The maximum atomic E-state index is 6.31. The molecule has 0 bridgehead atoms. The van der Waals surface area contributed by atoms with Crippen molar-refractivity contribution in [2.45, 2.75) is 38.3 Å². The minimum Gasteiger partial charge on any atom is -0.361 e. The van der Waals surface area contributed by atoms with Crippen molar-refractivity contribution in [3.8, 4) is 0 Å². The highest BCUT2D eigenvalue weighted by molar-refractivity contribution is 7.80. The summed E-state index contributed by atoms with van der Waals surface area (Å²) in [6.45, 7) is 0.797. The lowest BCUT2D eigenvalue weighted by Crippen LogP contribution is -2.41. The van der Waals surface area contributed by atoms with Crippen molar-refractivity contribution >= 4 is 45.5 Å². The van der Waals surface area contributed by atoms with Crippen LogP contribution < -0.4 is 5.32 Å². The second-order valence-electron chi connectivity index (χ2n) is 6.84. The van der Waals surface area contributed by atoms with E-state index in [0.29, 0.717) is 11.1 Å². The third-order valence-corrected chi connectivity index (χ3v) is 5.82. The highest BCUT2D eigenvalue weighted by Crippen LogP contribution is 2.29. The normalized spacial score (nSPS) is 14.7. The molecule has 134 valence electrons. The molecule has 0 aliphatic heterocycles. The van der Waals surface area contributed by atoms with Gasteiger partial charge < -0.3 is 15.2 Å². The summed E-state index contributed by atoms with van der Waals surface area (Å²) in [6, 6.07) is 16.6. The van der Waals surface area contributed by atoms with Gasteiger partial charge in [-0.2, -0.15) is 0 Å². The Morgan fingerprint density at radius 1 is 1.12 bits per heavy atom. The number of halogens is 1. The zero-order valence-electron chi connectivity index (χ0n) is 14.5. The second kappa shape index (κ2) is 7.68. The largest absolute Gasteiger partial charge is 0.361 e. The lowest BCUT2D eigenvalue weighted by atomic mass is 10.1. The number of aromatic nitrogens is 1. The molecule has 1 aromatic heterocycles. The Kier molecular flexibility index (Phi) is 5.14. The topological polar surface area (TPSA) is 31.1 Å². The van der Waals surface area contributed by atoms with Gasteiger partial charge in [-0.15, -0.1) is 0 Å². The van der Waals surface area contributed by atoms with Crippen LogP contribution in [0.3, 0.4) is 0 Å². The zero-order chi connectivity index (χ0) is 17.9. The number of H-pyrrole nitrogens is 1. The van der Waals surface area contributed by atoms with Crippen LogP contribution in [-0.2, 0) is 6.54 Å². The minimum atomic E-state index is 0.478. The molecule has 1 fully saturated rings. The van der Waals surface area contributed by atoms with E-state index in [9.17, 15) is 0 Å². The van der Waals surface area contributed by atoms with E-state index < -0.39 is 0 Å². The molecule has 2 N–H and O–H groups in total. The number of anilines is 1. The molecule has 2 aromatic carbocycles. The number of aromatic amines is 1. The number of fused-ring (bicyclic) bond motifs is 1. The highest BCUT2D eigenvalue weighted by Gasteiger charge is 2.25. The third-order valence-electron chi connectivity index (χ3n) is 5.16. The SMILES string of the molecule is S=C(Nc1ccccc1Cl)N(Cc1c[nH]c2ccccc12)C1CCCC1. The van der Waals surface area contributed by atoms with Gasteiger partial charge in [-0.3, -0.25) is 0 Å². The van der Waals surface area contributed by atoms with Crippen molar-refractivity contribution in [3.05, 3.63) is 65.3 Å². The van der Waals surface area contributed by atoms with Gasteiger partial charge in [0.25, 0.3) is 0 Å². The second-order valence-corrected chi connectivity index (χ2v) is 7.63. The number of nitrogens with one attached hydrogen (secondary N) is 2. The molecular formula is C21H22ClN3S. The van der Waals surface area contributed by atoms with E-state index >= 15 is 0 Å². The number of rotatable bonds is 4. The van der Waals surface area contributed by atoms with E-state index in [0.717, 1.165) is 17.3 Å². The van der Waals surface area contributed by atoms with Gasteiger partial charge >= 0.3 is 0 Å². The number of nitrogens with zero attached hydrogens (tertiary/aromatic N) is 1. The number of thiocarbonyl (C=S) groups is 1. The average Bonchev–Trinajstić information content (AvgIpc) is 3.31. The van der Waals surface area contributed by atoms with E-state index in [1.807, 2.05) is 24.3 Å².